The second kappa shape index (κ2) is 7.68. The molecule has 2 rings (SSSR count). The zero-order valence-electron chi connectivity index (χ0n) is 13.6. The van der Waals surface area contributed by atoms with Crippen LogP contribution in [0.15, 0.2) is 24.3 Å². The lowest BCUT2D eigenvalue weighted by atomic mass is 10.2. The summed E-state index contributed by atoms with van der Waals surface area (Å²) in [5, 5.41) is 2.91. The number of nitrogens with zero attached hydrogens (tertiary/aromatic N) is 1. The molecule has 0 heterocycles. The highest BCUT2D eigenvalue weighted by molar-refractivity contribution is 7.92. The number of sulfonamides is 1. The van der Waals surface area contributed by atoms with Gasteiger partial charge < -0.3 is 10.1 Å². The number of benzene rings is 1. The van der Waals surface area contributed by atoms with Gasteiger partial charge in [-0.05, 0) is 31.9 Å². The first-order chi connectivity index (χ1) is 10.9. The third-order valence-electron chi connectivity index (χ3n) is 3.82. The van der Waals surface area contributed by atoms with Gasteiger partial charge in [-0.3, -0.25) is 9.10 Å². The molecule has 1 saturated carbocycles. The Morgan fingerprint density at radius 3 is 2.65 bits per heavy atom. The molecular formula is C16H24N2O4S. The van der Waals surface area contributed by atoms with Gasteiger partial charge in [0.2, 0.25) is 15.9 Å². The summed E-state index contributed by atoms with van der Waals surface area (Å²) in [7, 11) is -3.56. The lowest BCUT2D eigenvalue weighted by Gasteiger charge is -2.23. The fraction of sp³-hybridized carbons (Fsp3) is 0.562. The lowest BCUT2D eigenvalue weighted by molar-refractivity contribution is -0.120. The molecule has 1 aromatic rings. The molecule has 1 N–H and O–H groups in total. The van der Waals surface area contributed by atoms with Crippen molar-refractivity contribution in [2.45, 2.75) is 38.6 Å². The molecule has 0 aliphatic heterocycles. The van der Waals surface area contributed by atoms with Crippen molar-refractivity contribution in [1.82, 2.24) is 5.32 Å². The Balaban J connectivity index is 2.13. The number of ether oxygens (including phenoxy) is 1. The predicted octanol–water partition coefficient (Wildman–Crippen LogP) is 1.91. The van der Waals surface area contributed by atoms with Gasteiger partial charge in [-0.25, -0.2) is 8.42 Å². The van der Waals surface area contributed by atoms with E-state index in [1.807, 2.05) is 6.92 Å². The minimum atomic E-state index is -3.56. The number of nitrogens with one attached hydrogen (secondary N) is 1. The van der Waals surface area contributed by atoms with Crippen molar-refractivity contribution in [1.29, 1.82) is 0 Å². The van der Waals surface area contributed by atoms with Crippen molar-refractivity contribution in [3.8, 4) is 5.75 Å². The minimum Gasteiger partial charge on any atom is -0.494 e. The summed E-state index contributed by atoms with van der Waals surface area (Å²) < 4.78 is 30.7. The van der Waals surface area contributed by atoms with Crippen LogP contribution in [0.3, 0.4) is 0 Å². The fourth-order valence-electron chi connectivity index (χ4n) is 2.77. The number of carbonyl (C=O) groups is 1. The Kier molecular flexibility index (Phi) is 5.87. The molecule has 0 unspecified atom stereocenters. The maximum absolute atomic E-state index is 12.2. The van der Waals surface area contributed by atoms with Crippen LogP contribution in [0.5, 0.6) is 5.75 Å². The van der Waals surface area contributed by atoms with E-state index in [1.54, 1.807) is 24.3 Å². The normalized spacial score (nSPS) is 15.4. The summed E-state index contributed by atoms with van der Waals surface area (Å²) >= 11 is 0. The highest BCUT2D eigenvalue weighted by Gasteiger charge is 2.23. The Morgan fingerprint density at radius 1 is 1.35 bits per heavy atom. The predicted molar refractivity (Wildman–Crippen MR) is 90.2 cm³/mol. The molecule has 0 saturated heterocycles. The van der Waals surface area contributed by atoms with Crippen LogP contribution in [-0.2, 0) is 14.8 Å². The monoisotopic (exact) mass is 340 g/mol. The highest BCUT2D eigenvalue weighted by Crippen LogP contribution is 2.23. The van der Waals surface area contributed by atoms with Gasteiger partial charge in [0.15, 0.2) is 0 Å². The van der Waals surface area contributed by atoms with Gasteiger partial charge in [0.05, 0.1) is 18.6 Å². The van der Waals surface area contributed by atoms with E-state index in [2.05, 4.69) is 5.32 Å². The zero-order chi connectivity index (χ0) is 16.9. The standard InChI is InChI=1S/C16H24N2O4S/c1-3-22-15-10-6-9-14(11-15)18(23(2,20)21)12-16(19)17-13-7-4-5-8-13/h6,9-11,13H,3-5,7-8,12H2,1-2H3,(H,17,19). The smallest absolute Gasteiger partial charge is 0.240 e. The maximum atomic E-state index is 12.2. The van der Waals surface area contributed by atoms with E-state index in [9.17, 15) is 13.2 Å². The Labute approximate surface area is 137 Å². The molecule has 0 bridgehead atoms. The topological polar surface area (TPSA) is 75.7 Å². The van der Waals surface area contributed by atoms with Crippen molar-refractivity contribution < 1.29 is 17.9 Å². The van der Waals surface area contributed by atoms with E-state index in [-0.39, 0.29) is 18.5 Å². The number of anilines is 1. The van der Waals surface area contributed by atoms with E-state index < -0.39 is 10.0 Å². The molecule has 0 aromatic heterocycles. The fourth-order valence-corrected chi connectivity index (χ4v) is 3.62. The molecular weight excluding hydrogens is 316 g/mol. The first kappa shape index (κ1) is 17.6. The average Bonchev–Trinajstić information content (AvgIpc) is 2.97. The van der Waals surface area contributed by atoms with E-state index in [0.717, 1.165) is 36.2 Å². The van der Waals surface area contributed by atoms with Crippen LogP contribution < -0.4 is 14.4 Å². The van der Waals surface area contributed by atoms with Gasteiger partial charge in [-0.15, -0.1) is 0 Å². The first-order valence-electron chi connectivity index (χ1n) is 7.90. The van der Waals surface area contributed by atoms with E-state index in [0.29, 0.717) is 18.0 Å². The van der Waals surface area contributed by atoms with Crippen molar-refractivity contribution in [2.24, 2.45) is 0 Å². The SMILES string of the molecule is CCOc1cccc(N(CC(=O)NC2CCCC2)S(C)(=O)=O)c1. The summed E-state index contributed by atoms with van der Waals surface area (Å²) in [5.41, 5.74) is 0.431. The molecule has 0 atom stereocenters. The Hall–Kier alpha value is -1.76. The molecule has 1 fully saturated rings. The van der Waals surface area contributed by atoms with Crippen molar-refractivity contribution in [3.63, 3.8) is 0 Å². The van der Waals surface area contributed by atoms with Gasteiger partial charge >= 0.3 is 0 Å². The van der Waals surface area contributed by atoms with Crippen LogP contribution >= 0.6 is 0 Å². The van der Waals surface area contributed by atoms with Crippen LogP contribution in [0.4, 0.5) is 5.69 Å². The minimum absolute atomic E-state index is 0.165. The first-order valence-corrected chi connectivity index (χ1v) is 9.75. The number of carbonyl (C=O) groups excluding carboxylic acids is 1. The van der Waals surface area contributed by atoms with E-state index in [4.69, 9.17) is 4.74 Å². The quantitative estimate of drug-likeness (QED) is 0.823. The summed E-state index contributed by atoms with van der Waals surface area (Å²) in [6.07, 6.45) is 5.24. The summed E-state index contributed by atoms with van der Waals surface area (Å²) in [5.74, 6) is 0.305. The molecule has 1 aromatic carbocycles. The average molecular weight is 340 g/mol. The van der Waals surface area contributed by atoms with Gasteiger partial charge in [0, 0.05) is 12.1 Å². The van der Waals surface area contributed by atoms with Gasteiger partial charge in [0.25, 0.3) is 0 Å². The van der Waals surface area contributed by atoms with Crippen molar-refractivity contribution >= 4 is 21.6 Å². The number of rotatable bonds is 7. The molecule has 1 aliphatic carbocycles. The highest BCUT2D eigenvalue weighted by atomic mass is 32.2. The third-order valence-corrected chi connectivity index (χ3v) is 4.97. The van der Waals surface area contributed by atoms with Gasteiger partial charge in [-0.2, -0.15) is 0 Å². The second-order valence-electron chi connectivity index (χ2n) is 5.75. The molecule has 1 amide bonds. The molecule has 0 radical (unpaired) electrons. The maximum Gasteiger partial charge on any atom is 0.240 e. The largest absolute Gasteiger partial charge is 0.494 e. The van der Waals surface area contributed by atoms with Crippen LogP contribution in [0.2, 0.25) is 0 Å². The Morgan fingerprint density at radius 2 is 2.04 bits per heavy atom. The van der Waals surface area contributed by atoms with Crippen LogP contribution in [0, 0.1) is 0 Å². The Bertz CT molecular complexity index is 639. The molecule has 128 valence electrons. The lowest BCUT2D eigenvalue weighted by Crippen LogP contribution is -2.43. The van der Waals surface area contributed by atoms with Crippen LogP contribution in [0.25, 0.3) is 0 Å². The summed E-state index contributed by atoms with van der Waals surface area (Å²) in [4.78, 5) is 12.2. The van der Waals surface area contributed by atoms with Crippen molar-refractivity contribution in [3.05, 3.63) is 24.3 Å². The second-order valence-corrected chi connectivity index (χ2v) is 7.66. The van der Waals surface area contributed by atoms with Crippen molar-refractivity contribution in [2.75, 3.05) is 23.7 Å². The molecule has 6 nitrogen and oxygen atoms in total. The number of hydrogen-bond donors (Lipinski definition) is 1. The third kappa shape index (κ3) is 5.13. The number of hydrogen-bond acceptors (Lipinski definition) is 4. The summed E-state index contributed by atoms with van der Waals surface area (Å²) in [6.45, 7) is 2.13. The molecule has 0 spiro atoms. The zero-order valence-corrected chi connectivity index (χ0v) is 14.4. The molecule has 23 heavy (non-hydrogen) atoms. The summed E-state index contributed by atoms with van der Waals surface area (Å²) in [6, 6.07) is 6.93. The van der Waals surface area contributed by atoms with Gasteiger partial charge in [0.1, 0.15) is 12.3 Å². The number of amides is 1. The van der Waals surface area contributed by atoms with E-state index in [1.165, 1.54) is 0 Å². The van der Waals surface area contributed by atoms with Crippen LogP contribution in [-0.4, -0.2) is 39.8 Å². The van der Waals surface area contributed by atoms with Crippen LogP contribution in [0.1, 0.15) is 32.6 Å². The molecule has 7 heteroatoms. The van der Waals surface area contributed by atoms with E-state index >= 15 is 0 Å². The molecule has 1 aliphatic rings. The van der Waals surface area contributed by atoms with Gasteiger partial charge in [-0.1, -0.05) is 18.9 Å².